The van der Waals surface area contributed by atoms with Crippen molar-refractivity contribution in [2.45, 2.75) is 13.1 Å². The Labute approximate surface area is 193 Å². The molecule has 0 unspecified atom stereocenters. The summed E-state index contributed by atoms with van der Waals surface area (Å²) in [5.41, 5.74) is 3.99. The van der Waals surface area contributed by atoms with Crippen LogP contribution >= 0.6 is 0 Å². The number of rotatable bonds is 8. The van der Waals surface area contributed by atoms with E-state index in [4.69, 9.17) is 9.84 Å². The van der Waals surface area contributed by atoms with Crippen LogP contribution in [0.2, 0.25) is 0 Å². The Hall–Kier alpha value is -4.13. The van der Waals surface area contributed by atoms with Crippen molar-refractivity contribution < 1.29 is 9.53 Å². The molecular weight excluding hydrogens is 414 g/mol. The smallest absolute Gasteiger partial charge is 0.255 e. The highest BCUT2D eigenvalue weighted by Gasteiger charge is 2.19. The fourth-order valence-electron chi connectivity index (χ4n) is 3.66. The van der Waals surface area contributed by atoms with Crippen molar-refractivity contribution in [1.29, 1.82) is 0 Å². The quantitative estimate of drug-likeness (QED) is 0.448. The highest BCUT2D eigenvalue weighted by Crippen LogP contribution is 2.26. The number of methoxy groups -OCH3 is 1. The van der Waals surface area contributed by atoms with E-state index in [1.165, 1.54) is 0 Å². The number of hydrogen-bond acceptors (Lipinski definition) is 5. The number of nitrogens with zero attached hydrogens (tertiary/aromatic N) is 4. The molecule has 4 aromatic rings. The lowest BCUT2D eigenvalue weighted by molar-refractivity contribution is 0.0951. The molecule has 0 aliphatic heterocycles. The van der Waals surface area contributed by atoms with Gasteiger partial charge in [-0.05, 0) is 23.8 Å². The molecule has 1 amide bonds. The first kappa shape index (κ1) is 22.1. The van der Waals surface area contributed by atoms with Gasteiger partial charge in [-0.25, -0.2) is 4.98 Å². The lowest BCUT2D eigenvalue weighted by atomic mass is 10.1. The van der Waals surface area contributed by atoms with Gasteiger partial charge in [0.2, 0.25) is 0 Å². The molecule has 33 heavy (non-hydrogen) atoms. The summed E-state index contributed by atoms with van der Waals surface area (Å²) in [6.07, 6.45) is 3.54. The van der Waals surface area contributed by atoms with E-state index in [0.717, 1.165) is 22.5 Å². The van der Waals surface area contributed by atoms with Crippen molar-refractivity contribution in [1.82, 2.24) is 20.1 Å². The fraction of sp³-hybridized carbons (Fsp3) is 0.192. The van der Waals surface area contributed by atoms with Crippen LogP contribution in [0.15, 0.2) is 79.1 Å². The molecule has 0 spiro atoms. The number of hydrogen-bond donors (Lipinski definition) is 1. The number of nitrogens with one attached hydrogen (secondary N) is 1. The number of ether oxygens (including phenoxy) is 1. The second-order valence-electron chi connectivity index (χ2n) is 7.87. The Kier molecular flexibility index (Phi) is 6.69. The predicted molar refractivity (Wildman–Crippen MR) is 129 cm³/mol. The second-order valence-corrected chi connectivity index (χ2v) is 7.87. The van der Waals surface area contributed by atoms with E-state index in [2.05, 4.69) is 10.3 Å². The molecule has 0 aliphatic rings. The van der Waals surface area contributed by atoms with Crippen molar-refractivity contribution in [3.8, 4) is 17.0 Å². The molecule has 4 rings (SSSR count). The van der Waals surface area contributed by atoms with Crippen LogP contribution in [0.25, 0.3) is 11.3 Å². The van der Waals surface area contributed by atoms with Crippen LogP contribution in [0, 0.1) is 0 Å². The molecule has 2 aromatic carbocycles. The maximum atomic E-state index is 13.3. The Balaban J connectivity index is 1.64. The van der Waals surface area contributed by atoms with E-state index < -0.39 is 0 Å². The van der Waals surface area contributed by atoms with Gasteiger partial charge < -0.3 is 15.0 Å². The second kappa shape index (κ2) is 9.99. The molecular formula is C26H27N5O2. The monoisotopic (exact) mass is 441 g/mol. The minimum Gasteiger partial charge on any atom is -0.497 e. The van der Waals surface area contributed by atoms with Gasteiger partial charge in [-0.2, -0.15) is 5.10 Å². The first-order valence-electron chi connectivity index (χ1n) is 10.7. The van der Waals surface area contributed by atoms with Crippen LogP contribution in [-0.4, -0.2) is 41.9 Å². The van der Waals surface area contributed by atoms with E-state index in [1.807, 2.05) is 85.7 Å². The molecule has 2 heterocycles. The number of pyridine rings is 1. The molecule has 0 atom stereocenters. The maximum absolute atomic E-state index is 13.3. The minimum atomic E-state index is -0.194. The highest BCUT2D eigenvalue weighted by atomic mass is 16.5. The molecule has 0 saturated heterocycles. The minimum absolute atomic E-state index is 0.194. The Morgan fingerprint density at radius 3 is 2.64 bits per heavy atom. The van der Waals surface area contributed by atoms with Gasteiger partial charge in [-0.3, -0.25) is 9.48 Å². The Morgan fingerprint density at radius 2 is 1.88 bits per heavy atom. The van der Waals surface area contributed by atoms with Crippen molar-refractivity contribution in [2.75, 3.05) is 26.1 Å². The van der Waals surface area contributed by atoms with Crippen molar-refractivity contribution in [3.63, 3.8) is 0 Å². The summed E-state index contributed by atoms with van der Waals surface area (Å²) >= 11 is 0. The lowest BCUT2D eigenvalue weighted by Gasteiger charge is -2.16. The molecule has 1 N–H and O–H groups in total. The van der Waals surface area contributed by atoms with Crippen LogP contribution in [-0.2, 0) is 13.1 Å². The third-order valence-electron chi connectivity index (χ3n) is 5.27. The highest BCUT2D eigenvalue weighted by molar-refractivity contribution is 5.99. The van der Waals surface area contributed by atoms with E-state index in [9.17, 15) is 4.79 Å². The summed E-state index contributed by atoms with van der Waals surface area (Å²) in [5, 5.41) is 7.79. The standard InChI is InChI=1S/C26H27N5O2/c1-30(2)25-21(12-8-14-27-25)16-28-26(32)23-18-31(17-19-9-5-4-6-10-19)29-24(23)20-11-7-13-22(15-20)33-3/h4-15,18H,16-17H2,1-3H3,(H,28,32). The summed E-state index contributed by atoms with van der Waals surface area (Å²) in [6.45, 7) is 0.931. The molecule has 0 saturated carbocycles. The Morgan fingerprint density at radius 1 is 1.06 bits per heavy atom. The predicted octanol–water partition coefficient (Wildman–Crippen LogP) is 4.00. The van der Waals surface area contributed by atoms with E-state index in [1.54, 1.807) is 24.2 Å². The summed E-state index contributed by atoms with van der Waals surface area (Å²) < 4.78 is 7.17. The maximum Gasteiger partial charge on any atom is 0.255 e. The largest absolute Gasteiger partial charge is 0.497 e. The van der Waals surface area contributed by atoms with Gasteiger partial charge in [0.05, 0.1) is 19.2 Å². The van der Waals surface area contributed by atoms with Crippen LogP contribution in [0.1, 0.15) is 21.5 Å². The summed E-state index contributed by atoms with van der Waals surface area (Å²) in [6, 6.07) is 21.5. The number of carbonyl (C=O) groups is 1. The first-order valence-corrected chi connectivity index (χ1v) is 10.7. The Bertz CT molecular complexity index is 1230. The molecule has 7 nitrogen and oxygen atoms in total. The average Bonchev–Trinajstić information content (AvgIpc) is 3.27. The molecule has 7 heteroatoms. The number of aromatic nitrogens is 3. The number of amides is 1. The van der Waals surface area contributed by atoms with Crippen molar-refractivity contribution in [3.05, 3.63) is 95.8 Å². The van der Waals surface area contributed by atoms with Crippen LogP contribution in [0.5, 0.6) is 5.75 Å². The van der Waals surface area contributed by atoms with Gasteiger partial charge in [-0.1, -0.05) is 48.5 Å². The van der Waals surface area contributed by atoms with E-state index >= 15 is 0 Å². The lowest BCUT2D eigenvalue weighted by Crippen LogP contribution is -2.24. The van der Waals surface area contributed by atoms with Crippen molar-refractivity contribution >= 4 is 11.7 Å². The van der Waals surface area contributed by atoms with Gasteiger partial charge in [0, 0.05) is 44.2 Å². The average molecular weight is 442 g/mol. The molecule has 0 aliphatic carbocycles. The zero-order valence-electron chi connectivity index (χ0n) is 19.0. The topological polar surface area (TPSA) is 72.3 Å². The molecule has 0 fully saturated rings. The van der Waals surface area contributed by atoms with Gasteiger partial charge in [0.15, 0.2) is 0 Å². The van der Waals surface area contributed by atoms with Gasteiger partial charge >= 0.3 is 0 Å². The molecule has 0 bridgehead atoms. The van der Waals surface area contributed by atoms with E-state index in [-0.39, 0.29) is 5.91 Å². The number of carbonyl (C=O) groups excluding carboxylic acids is 1. The number of anilines is 1. The van der Waals surface area contributed by atoms with Gasteiger partial charge in [0.25, 0.3) is 5.91 Å². The van der Waals surface area contributed by atoms with Crippen LogP contribution in [0.4, 0.5) is 5.82 Å². The summed E-state index contributed by atoms with van der Waals surface area (Å²) in [4.78, 5) is 19.6. The summed E-state index contributed by atoms with van der Waals surface area (Å²) in [7, 11) is 5.49. The molecule has 2 aromatic heterocycles. The van der Waals surface area contributed by atoms with Crippen LogP contribution in [0.3, 0.4) is 0 Å². The third-order valence-corrected chi connectivity index (χ3v) is 5.27. The van der Waals surface area contributed by atoms with Gasteiger partial charge in [-0.15, -0.1) is 0 Å². The SMILES string of the molecule is COc1cccc(-c2nn(Cc3ccccc3)cc2C(=O)NCc2cccnc2N(C)C)c1. The molecule has 168 valence electrons. The van der Waals surface area contributed by atoms with E-state index in [0.29, 0.717) is 30.1 Å². The van der Waals surface area contributed by atoms with Gasteiger partial charge in [0.1, 0.15) is 17.3 Å². The normalized spacial score (nSPS) is 10.6. The zero-order valence-corrected chi connectivity index (χ0v) is 19.0. The van der Waals surface area contributed by atoms with Crippen LogP contribution < -0.4 is 15.0 Å². The fourth-order valence-corrected chi connectivity index (χ4v) is 3.66. The van der Waals surface area contributed by atoms with Crippen molar-refractivity contribution in [2.24, 2.45) is 0 Å². The summed E-state index contributed by atoms with van der Waals surface area (Å²) in [5.74, 6) is 1.34. The number of benzene rings is 2. The zero-order chi connectivity index (χ0) is 23.2. The first-order chi connectivity index (χ1) is 16.0. The third kappa shape index (κ3) is 5.20. The molecule has 0 radical (unpaired) electrons.